The lowest BCUT2D eigenvalue weighted by Crippen LogP contribution is -2.35. The van der Waals surface area contributed by atoms with Gasteiger partial charge in [0, 0.05) is 11.3 Å². The van der Waals surface area contributed by atoms with Gasteiger partial charge in [-0.1, -0.05) is 0 Å². The van der Waals surface area contributed by atoms with E-state index in [9.17, 15) is 14.0 Å². The number of carbonyl (C=O) groups is 1. The number of hydrogen-bond donors (Lipinski definition) is 1. The van der Waals surface area contributed by atoms with E-state index in [2.05, 4.69) is 15.3 Å². The van der Waals surface area contributed by atoms with E-state index in [4.69, 9.17) is 4.42 Å². The van der Waals surface area contributed by atoms with E-state index in [1.807, 2.05) is 18.4 Å². The Hall–Kier alpha value is -3.46. The number of furan rings is 1. The van der Waals surface area contributed by atoms with Crippen LogP contribution in [0.4, 0.5) is 10.2 Å². The molecule has 4 aromatic rings. The number of benzene rings is 1. The molecule has 30 heavy (non-hydrogen) atoms. The third-order valence-electron chi connectivity index (χ3n) is 4.58. The first kappa shape index (κ1) is 19.8. The number of hydrogen-bond acceptors (Lipinski definition) is 6. The molecule has 0 saturated heterocycles. The average molecular weight is 424 g/mol. The summed E-state index contributed by atoms with van der Waals surface area (Å²) in [5.74, 6) is -0.293. The monoisotopic (exact) mass is 424 g/mol. The Bertz CT molecular complexity index is 1240. The third kappa shape index (κ3) is 4.11. The van der Waals surface area contributed by atoms with Crippen molar-refractivity contribution >= 4 is 34.4 Å². The van der Waals surface area contributed by atoms with Gasteiger partial charge in [-0.05, 0) is 48.7 Å². The van der Waals surface area contributed by atoms with Gasteiger partial charge < -0.3 is 9.73 Å². The van der Waals surface area contributed by atoms with Crippen LogP contribution in [0.3, 0.4) is 0 Å². The highest BCUT2D eigenvalue weighted by molar-refractivity contribution is 7.98. The summed E-state index contributed by atoms with van der Waals surface area (Å²) in [6.45, 7) is 0. The van der Waals surface area contributed by atoms with Crippen molar-refractivity contribution in [2.24, 2.45) is 0 Å². The van der Waals surface area contributed by atoms with E-state index in [0.29, 0.717) is 16.7 Å². The lowest BCUT2D eigenvalue weighted by Gasteiger charge is -2.18. The van der Waals surface area contributed by atoms with Crippen LogP contribution in [0.1, 0.15) is 11.8 Å². The molecule has 7 nitrogen and oxygen atoms in total. The predicted octanol–water partition coefficient (Wildman–Crippen LogP) is 3.67. The SMILES string of the molecule is CSc1ccc2c(=O)n(C(Cc3ccco3)C(=O)Nc3ccc(F)cn3)cnc2c1. The molecule has 1 atom stereocenters. The van der Waals surface area contributed by atoms with Crippen LogP contribution in [0.2, 0.25) is 0 Å². The number of thioether (sulfide) groups is 1. The number of amides is 1. The van der Waals surface area contributed by atoms with Gasteiger partial charge in [0.15, 0.2) is 0 Å². The van der Waals surface area contributed by atoms with Crippen LogP contribution in [-0.4, -0.2) is 26.7 Å². The van der Waals surface area contributed by atoms with Crippen LogP contribution in [0, 0.1) is 5.82 Å². The first-order chi connectivity index (χ1) is 14.5. The third-order valence-corrected chi connectivity index (χ3v) is 5.31. The predicted molar refractivity (Wildman–Crippen MR) is 112 cm³/mol. The fraction of sp³-hybridized carbons (Fsp3) is 0.143. The van der Waals surface area contributed by atoms with Gasteiger partial charge in [-0.25, -0.2) is 14.4 Å². The van der Waals surface area contributed by atoms with E-state index < -0.39 is 17.8 Å². The molecular formula is C21H17FN4O3S. The number of nitrogens with one attached hydrogen (secondary N) is 1. The summed E-state index contributed by atoms with van der Waals surface area (Å²) in [4.78, 5) is 35.4. The minimum Gasteiger partial charge on any atom is -0.469 e. The number of halogens is 1. The standard InChI is InChI=1S/C21H17FN4O3S/c1-30-15-5-6-16-17(10-15)24-12-26(21(16)28)18(9-14-3-2-8-29-14)20(27)25-19-7-4-13(22)11-23-19/h2-8,10-12,18H,9H2,1H3,(H,23,25,27). The molecule has 0 bridgehead atoms. The molecule has 3 aromatic heterocycles. The van der Waals surface area contributed by atoms with Crippen LogP contribution in [0.15, 0.2) is 75.4 Å². The second-order valence-electron chi connectivity index (χ2n) is 6.49. The molecule has 0 radical (unpaired) electrons. The first-order valence-corrected chi connectivity index (χ1v) is 10.3. The molecular weight excluding hydrogens is 407 g/mol. The number of anilines is 1. The number of rotatable bonds is 6. The van der Waals surface area contributed by atoms with Gasteiger partial charge in [-0.15, -0.1) is 11.8 Å². The molecule has 1 aromatic carbocycles. The van der Waals surface area contributed by atoms with Crippen molar-refractivity contribution in [3.8, 4) is 0 Å². The quantitative estimate of drug-likeness (QED) is 0.475. The highest BCUT2D eigenvalue weighted by atomic mass is 32.2. The number of carbonyl (C=O) groups excluding carboxylic acids is 1. The van der Waals surface area contributed by atoms with Gasteiger partial charge in [-0.3, -0.25) is 14.2 Å². The van der Waals surface area contributed by atoms with E-state index in [1.165, 1.54) is 29.3 Å². The topological polar surface area (TPSA) is 90.0 Å². The van der Waals surface area contributed by atoms with Crippen LogP contribution >= 0.6 is 11.8 Å². The highest BCUT2D eigenvalue weighted by Crippen LogP contribution is 2.21. The molecule has 9 heteroatoms. The summed E-state index contributed by atoms with van der Waals surface area (Å²) in [7, 11) is 0. The molecule has 0 aliphatic heterocycles. The van der Waals surface area contributed by atoms with Crippen LogP contribution in [0.5, 0.6) is 0 Å². The van der Waals surface area contributed by atoms with Crippen molar-refractivity contribution in [1.29, 1.82) is 0 Å². The molecule has 3 heterocycles. The summed E-state index contributed by atoms with van der Waals surface area (Å²) in [5, 5.41) is 3.03. The number of nitrogens with zero attached hydrogens (tertiary/aromatic N) is 3. The molecule has 0 fully saturated rings. The lowest BCUT2D eigenvalue weighted by molar-refractivity contribution is -0.119. The molecule has 4 rings (SSSR count). The van der Waals surface area contributed by atoms with Crippen molar-refractivity contribution in [1.82, 2.24) is 14.5 Å². The van der Waals surface area contributed by atoms with Crippen molar-refractivity contribution < 1.29 is 13.6 Å². The van der Waals surface area contributed by atoms with Gasteiger partial charge >= 0.3 is 0 Å². The molecule has 0 spiro atoms. The Labute approximate surface area is 175 Å². The zero-order valence-corrected chi connectivity index (χ0v) is 16.7. The largest absolute Gasteiger partial charge is 0.469 e. The number of pyridine rings is 1. The summed E-state index contributed by atoms with van der Waals surface area (Å²) in [6, 6.07) is 10.4. The Morgan fingerprint density at radius 2 is 2.13 bits per heavy atom. The molecule has 1 N–H and O–H groups in total. The number of aromatic nitrogens is 3. The van der Waals surface area contributed by atoms with Gasteiger partial charge in [0.1, 0.15) is 23.4 Å². The zero-order chi connectivity index (χ0) is 21.1. The summed E-state index contributed by atoms with van der Waals surface area (Å²) in [6.07, 6.45) is 5.94. The second-order valence-corrected chi connectivity index (χ2v) is 7.37. The normalized spacial score (nSPS) is 12.1. The summed E-state index contributed by atoms with van der Waals surface area (Å²) < 4.78 is 19.8. The van der Waals surface area contributed by atoms with Gasteiger partial charge in [0.05, 0.1) is 29.7 Å². The smallest absolute Gasteiger partial charge is 0.261 e. The molecule has 152 valence electrons. The van der Waals surface area contributed by atoms with Gasteiger partial charge in [0.2, 0.25) is 5.91 Å². The Kier molecular flexibility index (Phi) is 5.62. The molecule has 0 saturated carbocycles. The molecule has 1 unspecified atom stereocenters. The van der Waals surface area contributed by atoms with Crippen molar-refractivity contribution in [2.75, 3.05) is 11.6 Å². The molecule has 1 amide bonds. The van der Waals surface area contributed by atoms with Crippen LogP contribution < -0.4 is 10.9 Å². The van der Waals surface area contributed by atoms with Crippen molar-refractivity contribution in [3.05, 3.63) is 83.2 Å². The molecule has 0 aliphatic carbocycles. The summed E-state index contributed by atoms with van der Waals surface area (Å²) >= 11 is 1.55. The van der Waals surface area contributed by atoms with Gasteiger partial charge in [0.25, 0.3) is 5.56 Å². The maximum atomic E-state index is 13.1. The lowest BCUT2D eigenvalue weighted by atomic mass is 10.1. The first-order valence-electron chi connectivity index (χ1n) is 9.05. The fourth-order valence-electron chi connectivity index (χ4n) is 3.06. The van der Waals surface area contributed by atoms with E-state index in [0.717, 1.165) is 11.1 Å². The highest BCUT2D eigenvalue weighted by Gasteiger charge is 2.25. The van der Waals surface area contributed by atoms with Crippen molar-refractivity contribution in [3.63, 3.8) is 0 Å². The van der Waals surface area contributed by atoms with E-state index in [-0.39, 0.29) is 17.8 Å². The minimum atomic E-state index is -0.937. The Morgan fingerprint density at radius 1 is 1.27 bits per heavy atom. The number of fused-ring (bicyclic) bond motifs is 1. The van der Waals surface area contributed by atoms with Crippen LogP contribution in [0.25, 0.3) is 10.9 Å². The second kappa shape index (κ2) is 8.50. The minimum absolute atomic E-state index is 0.135. The van der Waals surface area contributed by atoms with E-state index >= 15 is 0 Å². The molecule has 0 aliphatic rings. The maximum absolute atomic E-state index is 13.1. The zero-order valence-electron chi connectivity index (χ0n) is 15.9. The Morgan fingerprint density at radius 3 is 2.83 bits per heavy atom. The van der Waals surface area contributed by atoms with E-state index in [1.54, 1.807) is 30.0 Å². The fourth-order valence-corrected chi connectivity index (χ4v) is 3.49. The van der Waals surface area contributed by atoms with Crippen molar-refractivity contribution in [2.45, 2.75) is 17.4 Å². The maximum Gasteiger partial charge on any atom is 0.261 e. The summed E-state index contributed by atoms with van der Waals surface area (Å²) in [5.41, 5.74) is 0.215. The van der Waals surface area contributed by atoms with Gasteiger partial charge in [-0.2, -0.15) is 0 Å². The van der Waals surface area contributed by atoms with Crippen LogP contribution in [-0.2, 0) is 11.2 Å². The Balaban J connectivity index is 1.73. The average Bonchev–Trinajstić information content (AvgIpc) is 3.27.